The quantitative estimate of drug-likeness (QED) is 0.0448. The largest absolute Gasteiger partial charge is 0.356 e. The number of amides is 9. The molecule has 828 valence electrons. The molecule has 0 aromatic heterocycles. The molecular formula is C106H217N23O12. The van der Waals surface area contributed by atoms with Crippen molar-refractivity contribution in [2.75, 3.05) is 372 Å². The smallest absolute Gasteiger partial charge is 0.225 e. The van der Waals surface area contributed by atoms with Crippen LogP contribution in [0.4, 0.5) is 0 Å². The van der Waals surface area contributed by atoms with Gasteiger partial charge in [-0.15, -0.1) is 0 Å². The Balaban J connectivity index is -0.00000204. The van der Waals surface area contributed by atoms with Crippen molar-refractivity contribution in [2.24, 2.45) is 51.8 Å². The summed E-state index contributed by atoms with van der Waals surface area (Å²) in [5.74, 6) is -4.45. The van der Waals surface area contributed by atoms with E-state index in [9.17, 15) is 57.5 Å². The van der Waals surface area contributed by atoms with Gasteiger partial charge in [0.15, 0.2) is 0 Å². The lowest BCUT2D eigenvalue weighted by Gasteiger charge is -2.31. The lowest BCUT2D eigenvalue weighted by Crippen LogP contribution is -2.43. The van der Waals surface area contributed by atoms with Crippen molar-refractivity contribution in [2.45, 2.75) is 199 Å². The summed E-state index contributed by atoms with van der Waals surface area (Å²) in [6.07, 6.45) is 8.29. The summed E-state index contributed by atoms with van der Waals surface area (Å²) < 4.78 is 0. The molecule has 5 N–H and O–H groups in total. The number of nitrogens with zero attached hydrogens (tertiary/aromatic N) is 18. The average molecular weight is 2010 g/mol. The van der Waals surface area contributed by atoms with Crippen LogP contribution in [-0.4, -0.2) is 531 Å². The Hall–Kier alpha value is -6.32. The molecule has 0 radical (unpaired) electrons. The van der Waals surface area contributed by atoms with Gasteiger partial charge in [-0.3, -0.25) is 57.5 Å². The molecule has 0 aromatic carbocycles. The van der Waals surface area contributed by atoms with Gasteiger partial charge in [-0.1, -0.05) is 102 Å². The van der Waals surface area contributed by atoms with E-state index in [-0.39, 0.29) is 128 Å². The number of hydrogen-bond acceptors (Lipinski definition) is 26. The zero-order valence-corrected chi connectivity index (χ0v) is 97.1. The molecule has 35 nitrogen and oxygen atoms in total. The molecule has 0 heterocycles. The van der Waals surface area contributed by atoms with Crippen molar-refractivity contribution < 1.29 is 57.5 Å². The number of nitrogens with one attached hydrogen (secondary N) is 5. The first-order chi connectivity index (χ1) is 65.8. The molecule has 0 saturated heterocycles. The monoisotopic (exact) mass is 2000 g/mol. The second kappa shape index (κ2) is 78.0. The third kappa shape index (κ3) is 68.7. The van der Waals surface area contributed by atoms with E-state index in [2.05, 4.69) is 172 Å². The van der Waals surface area contributed by atoms with Crippen molar-refractivity contribution in [3.8, 4) is 0 Å². The van der Waals surface area contributed by atoms with Crippen LogP contribution >= 0.6 is 0 Å². The van der Waals surface area contributed by atoms with Crippen molar-refractivity contribution in [1.82, 2.24) is 115 Å². The molecule has 0 bridgehead atoms. The zero-order valence-electron chi connectivity index (χ0n) is 97.1. The molecule has 9 amide bonds. The Labute approximate surface area is 860 Å². The number of unbranched alkanes of at least 4 members (excludes halogenated alkanes) is 3. The van der Waals surface area contributed by atoms with Gasteiger partial charge in [0.05, 0.1) is 0 Å². The molecule has 141 heavy (non-hydrogen) atoms. The van der Waals surface area contributed by atoms with Crippen molar-refractivity contribution >= 4 is 70.5 Å². The van der Waals surface area contributed by atoms with E-state index < -0.39 is 51.8 Å². The predicted molar refractivity (Wildman–Crippen MR) is 581 cm³/mol. The highest BCUT2D eigenvalue weighted by Crippen LogP contribution is 2.36. The molecule has 0 spiro atoms. The van der Waals surface area contributed by atoms with E-state index in [1.54, 1.807) is 40.7 Å². The fraction of sp³-hybridized carbons (Fsp3) is 0.887. The van der Waals surface area contributed by atoms with Gasteiger partial charge >= 0.3 is 0 Å². The first kappa shape index (κ1) is 139. The van der Waals surface area contributed by atoms with Gasteiger partial charge in [0.2, 0.25) is 53.2 Å². The molecule has 6 atom stereocenters. The second-order valence-corrected chi connectivity index (χ2v) is 44.1. The standard InChI is InChI=1S/C40H83N9O4.C34H69N7O4.C32H65N7O4/c1-15-17-18-41-38(52)35(32-37(51)48(13)29-27-46(11)25-23-44(9)21-19-42(5)6)33-40(3,4)36(50)31-34(16-2)39(53)49(14)30-28-47(12)26-24-45(10)22-20-43(7)8;1-13-15-16-35-32(44)29(26-31(43)40(11)23-21-38(9)19-17-36(5)6)27-34(3,4)30(42)25-28(14-2)33(45)41(12)24-22-39(10)20-18-37(7)8;1-11-13-14-34-31(43)27(24-29(41)33-15-17-38(9)21-19-36(5)6)25-32(3,4)28(40)23-26(12-2)30(42)35-16-18-39(10)22-20-37(7)8/h34-35H,15-33H2,1-14H3,(H,41,52);28-29H,13-27H2,1-12H3,(H,35,44);26-27H,11-25H2,1-10H3,(H,33,41)(H,34,43)(H,35,42). The van der Waals surface area contributed by atoms with Gasteiger partial charge in [0.25, 0.3) is 0 Å². The summed E-state index contributed by atoms with van der Waals surface area (Å²) in [5, 5.41) is 14.9. The Morgan fingerprint density at radius 1 is 0.213 bits per heavy atom. The maximum atomic E-state index is 13.8. The van der Waals surface area contributed by atoms with Crippen molar-refractivity contribution in [3.05, 3.63) is 0 Å². The average Bonchev–Trinajstić information content (AvgIpc) is 0.858. The van der Waals surface area contributed by atoms with Crippen molar-refractivity contribution in [3.63, 3.8) is 0 Å². The second-order valence-electron chi connectivity index (χ2n) is 44.1. The fourth-order valence-electron chi connectivity index (χ4n) is 15.4. The minimum Gasteiger partial charge on any atom is -0.356 e. The predicted octanol–water partition coefficient (Wildman–Crippen LogP) is 5.82. The molecule has 6 unspecified atom stereocenters. The normalized spacial score (nSPS) is 13.4. The molecule has 0 aliphatic rings. The van der Waals surface area contributed by atoms with Gasteiger partial charge in [0, 0.05) is 321 Å². The van der Waals surface area contributed by atoms with E-state index in [1.807, 2.05) is 154 Å². The molecule has 0 aliphatic heterocycles. The molecule has 0 aliphatic carbocycles. The minimum atomic E-state index is -0.879. The first-order valence-corrected chi connectivity index (χ1v) is 53.1. The van der Waals surface area contributed by atoms with Crippen LogP contribution in [0.2, 0.25) is 0 Å². The number of rotatable bonds is 81. The van der Waals surface area contributed by atoms with Crippen LogP contribution in [0.5, 0.6) is 0 Å². The van der Waals surface area contributed by atoms with Crippen LogP contribution in [0.3, 0.4) is 0 Å². The molecular weight excluding hydrogens is 1790 g/mol. The highest BCUT2D eigenvalue weighted by molar-refractivity contribution is 5.94. The van der Waals surface area contributed by atoms with E-state index in [1.165, 1.54) is 0 Å². The molecule has 0 aromatic rings. The lowest BCUT2D eigenvalue weighted by molar-refractivity contribution is -0.141. The minimum absolute atomic E-state index is 0.0229. The fourth-order valence-corrected chi connectivity index (χ4v) is 15.4. The third-order valence-electron chi connectivity index (χ3n) is 27.0. The summed E-state index contributed by atoms with van der Waals surface area (Å²) in [7, 11) is 48.3. The number of likely N-dealkylation sites (N-methyl/N-ethyl adjacent to an activating group) is 18. The van der Waals surface area contributed by atoms with Gasteiger partial charge in [-0.05, 0) is 199 Å². The van der Waals surface area contributed by atoms with Gasteiger partial charge in [0.1, 0.15) is 17.3 Å². The Morgan fingerprint density at radius 2 is 0.411 bits per heavy atom. The number of ketones is 3. The van der Waals surface area contributed by atoms with E-state index >= 15 is 0 Å². The third-order valence-corrected chi connectivity index (χ3v) is 27.0. The number of carbonyl (C=O) groups excluding carboxylic acids is 12. The first-order valence-electron chi connectivity index (χ1n) is 53.1. The zero-order chi connectivity index (χ0) is 108. The summed E-state index contributed by atoms with van der Waals surface area (Å²) in [6.45, 7) is 47.5. The van der Waals surface area contributed by atoms with Gasteiger partial charge < -0.3 is 115 Å². The number of carbonyl (C=O) groups is 12. The van der Waals surface area contributed by atoms with E-state index in [0.717, 1.165) is 176 Å². The summed E-state index contributed by atoms with van der Waals surface area (Å²) in [4.78, 5) is 198. The topological polar surface area (TPSA) is 323 Å². The highest BCUT2D eigenvalue weighted by atomic mass is 16.2. The van der Waals surface area contributed by atoms with Crippen molar-refractivity contribution in [1.29, 1.82) is 0 Å². The summed E-state index contributed by atoms with van der Waals surface area (Å²) in [6, 6.07) is 0. The SMILES string of the molecule is CCCCNC(=O)C(CC(=O)N(C)CCN(C)CCN(C)C)CC(C)(C)C(=O)CC(CC)C(=O)N(C)CCN(C)CCN(C)C.CCCCNC(=O)C(CC(=O)N(C)CCN(C)CCN(C)CCN(C)C)CC(C)(C)C(=O)CC(CC)C(=O)N(C)CCN(C)CCN(C)CCN(C)C.CCCCNC(=O)C(CC(=O)NCCN(C)CCN(C)C)CC(C)(C)C(=O)CC(CC)C(=O)NCCN(C)CCN(C)C. The van der Waals surface area contributed by atoms with E-state index in [0.29, 0.717) is 84.7 Å². The maximum Gasteiger partial charge on any atom is 0.225 e. The summed E-state index contributed by atoms with van der Waals surface area (Å²) >= 11 is 0. The number of Topliss-reactive ketones (excluding diaryl/α,β-unsaturated/α-hetero) is 3. The van der Waals surface area contributed by atoms with Crippen LogP contribution < -0.4 is 26.6 Å². The van der Waals surface area contributed by atoms with Crippen LogP contribution in [0.25, 0.3) is 0 Å². The van der Waals surface area contributed by atoms with Crippen LogP contribution in [0, 0.1) is 51.8 Å². The van der Waals surface area contributed by atoms with Gasteiger partial charge in [-0.2, -0.15) is 0 Å². The van der Waals surface area contributed by atoms with Gasteiger partial charge in [-0.25, -0.2) is 0 Å². The Kier molecular flexibility index (Phi) is 76.8. The molecule has 0 rings (SSSR count). The van der Waals surface area contributed by atoms with E-state index in [4.69, 9.17) is 0 Å². The lowest BCUT2D eigenvalue weighted by atomic mass is 9.75. The highest BCUT2D eigenvalue weighted by Gasteiger charge is 2.41. The van der Waals surface area contributed by atoms with Crippen LogP contribution in [-0.2, 0) is 57.5 Å². The summed E-state index contributed by atoms with van der Waals surface area (Å²) in [5.41, 5.74) is -2.61. The molecule has 0 saturated carbocycles. The van der Waals surface area contributed by atoms with Crippen LogP contribution in [0.15, 0.2) is 0 Å². The Bertz CT molecular complexity index is 3420. The maximum absolute atomic E-state index is 13.8. The van der Waals surface area contributed by atoms with Crippen LogP contribution in [0.1, 0.15) is 199 Å². The molecule has 0 fully saturated rings. The molecule has 35 heteroatoms. The Morgan fingerprint density at radius 3 is 0.652 bits per heavy atom. The number of hydrogen-bond donors (Lipinski definition) is 5.